The quantitative estimate of drug-likeness (QED) is 0.491. The van der Waals surface area contributed by atoms with Gasteiger partial charge in [-0.1, -0.05) is 30.0 Å². The van der Waals surface area contributed by atoms with Crippen molar-refractivity contribution in [2.24, 2.45) is 10.2 Å². The van der Waals surface area contributed by atoms with Crippen molar-refractivity contribution in [1.82, 2.24) is 5.32 Å². The maximum absolute atomic E-state index is 13.7. The number of methoxy groups -OCH3 is 1. The van der Waals surface area contributed by atoms with Gasteiger partial charge in [0.15, 0.2) is 16.7 Å². The third-order valence-corrected chi connectivity index (χ3v) is 5.09. The van der Waals surface area contributed by atoms with Crippen LogP contribution in [0.5, 0.6) is 11.5 Å². The van der Waals surface area contributed by atoms with Crippen molar-refractivity contribution in [1.29, 1.82) is 0 Å². The van der Waals surface area contributed by atoms with Crippen LogP contribution in [0.3, 0.4) is 0 Å². The standard InChI is InChI=1S/C20H18FN3O5S/c1-28-16-8-12(6-7-15(16)29-11-13-4-2-3-5-14(13)21)10-22-24-20-23-19(27)17(30-20)9-18(25)26/h2-8,10,17H,9,11H2,1H3,(H,25,26)(H,23,24,27)/b22-10+. The van der Waals surface area contributed by atoms with Gasteiger partial charge in [0.25, 0.3) is 0 Å². The second kappa shape index (κ2) is 9.88. The number of hydrogen-bond donors (Lipinski definition) is 2. The van der Waals surface area contributed by atoms with Crippen LogP contribution in [0.2, 0.25) is 0 Å². The van der Waals surface area contributed by atoms with E-state index in [0.29, 0.717) is 22.6 Å². The number of nitrogens with one attached hydrogen (secondary N) is 1. The number of carboxylic acid groups (broad SMARTS) is 1. The fourth-order valence-corrected chi connectivity index (χ4v) is 3.46. The Morgan fingerprint density at radius 3 is 2.83 bits per heavy atom. The van der Waals surface area contributed by atoms with Crippen LogP contribution in [0.25, 0.3) is 0 Å². The Labute approximate surface area is 175 Å². The Kier molecular flexibility index (Phi) is 7.02. The van der Waals surface area contributed by atoms with E-state index < -0.39 is 17.1 Å². The molecule has 1 atom stereocenters. The zero-order chi connectivity index (χ0) is 21.5. The van der Waals surface area contributed by atoms with E-state index in [9.17, 15) is 14.0 Å². The van der Waals surface area contributed by atoms with E-state index in [1.807, 2.05) is 0 Å². The largest absolute Gasteiger partial charge is 0.493 e. The van der Waals surface area contributed by atoms with Gasteiger partial charge in [0.2, 0.25) is 5.91 Å². The molecular weight excluding hydrogens is 413 g/mol. The molecule has 3 rings (SSSR count). The van der Waals surface area contributed by atoms with E-state index in [4.69, 9.17) is 14.6 Å². The van der Waals surface area contributed by atoms with Crippen molar-refractivity contribution in [2.75, 3.05) is 7.11 Å². The summed E-state index contributed by atoms with van der Waals surface area (Å²) in [5.41, 5.74) is 1.09. The van der Waals surface area contributed by atoms with Gasteiger partial charge in [-0.25, -0.2) is 4.39 Å². The van der Waals surface area contributed by atoms with Crippen molar-refractivity contribution in [2.45, 2.75) is 18.3 Å². The number of hydrogen-bond acceptors (Lipinski definition) is 7. The smallest absolute Gasteiger partial charge is 0.305 e. The normalized spacial score (nSPS) is 17.3. The highest BCUT2D eigenvalue weighted by Crippen LogP contribution is 2.29. The molecule has 2 aromatic rings. The second-order valence-electron chi connectivity index (χ2n) is 6.13. The molecule has 0 saturated carbocycles. The summed E-state index contributed by atoms with van der Waals surface area (Å²) in [5, 5.41) is 18.6. The first-order valence-corrected chi connectivity index (χ1v) is 9.69. The van der Waals surface area contributed by atoms with Gasteiger partial charge in [-0.2, -0.15) is 5.10 Å². The molecular formula is C20H18FN3O5S. The van der Waals surface area contributed by atoms with Gasteiger partial charge < -0.3 is 19.9 Å². The average molecular weight is 431 g/mol. The molecule has 2 aromatic carbocycles. The molecule has 0 aliphatic carbocycles. The van der Waals surface area contributed by atoms with E-state index in [0.717, 1.165) is 11.8 Å². The molecule has 0 spiro atoms. The summed E-state index contributed by atoms with van der Waals surface area (Å²) >= 11 is 1.02. The Bertz CT molecular complexity index is 1010. The van der Waals surface area contributed by atoms with Crippen molar-refractivity contribution in [3.8, 4) is 11.5 Å². The third-order valence-electron chi connectivity index (χ3n) is 4.02. The highest BCUT2D eigenvalue weighted by atomic mass is 32.2. The van der Waals surface area contributed by atoms with Crippen molar-refractivity contribution < 1.29 is 28.6 Å². The summed E-state index contributed by atoms with van der Waals surface area (Å²) in [5.74, 6) is -0.930. The van der Waals surface area contributed by atoms with Crippen LogP contribution < -0.4 is 14.8 Å². The number of thioether (sulfide) groups is 1. The first-order valence-electron chi connectivity index (χ1n) is 8.81. The molecule has 10 heteroatoms. The molecule has 2 N–H and O–H groups in total. The zero-order valence-corrected chi connectivity index (χ0v) is 16.7. The van der Waals surface area contributed by atoms with E-state index >= 15 is 0 Å². The number of nitrogens with zero attached hydrogens (tertiary/aromatic N) is 2. The molecule has 30 heavy (non-hydrogen) atoms. The molecule has 1 aliphatic heterocycles. The highest BCUT2D eigenvalue weighted by Gasteiger charge is 2.32. The van der Waals surface area contributed by atoms with Gasteiger partial charge in [-0.15, -0.1) is 5.10 Å². The van der Waals surface area contributed by atoms with Crippen LogP contribution in [0, 0.1) is 5.82 Å². The summed E-state index contributed by atoms with van der Waals surface area (Å²) < 4.78 is 24.7. The fourth-order valence-electron chi connectivity index (χ4n) is 2.55. The monoisotopic (exact) mass is 431 g/mol. The number of ether oxygens (including phenoxy) is 2. The number of amidine groups is 1. The molecule has 1 amide bonds. The predicted octanol–water partition coefficient (Wildman–Crippen LogP) is 2.81. The summed E-state index contributed by atoms with van der Waals surface area (Å²) in [4.78, 5) is 22.4. The molecule has 156 valence electrons. The predicted molar refractivity (Wildman–Crippen MR) is 111 cm³/mol. The molecule has 1 heterocycles. The van der Waals surface area contributed by atoms with Crippen LogP contribution in [-0.4, -0.2) is 40.7 Å². The molecule has 1 fully saturated rings. The Morgan fingerprint density at radius 2 is 2.10 bits per heavy atom. The summed E-state index contributed by atoms with van der Waals surface area (Å²) in [6.45, 7) is 0.0541. The van der Waals surface area contributed by atoms with E-state index in [1.165, 1.54) is 19.4 Å². The summed E-state index contributed by atoms with van der Waals surface area (Å²) in [7, 11) is 1.49. The minimum atomic E-state index is -1.06. The van der Waals surface area contributed by atoms with Gasteiger partial charge in [-0.05, 0) is 29.8 Å². The first kappa shape index (κ1) is 21.3. The van der Waals surface area contributed by atoms with Crippen LogP contribution >= 0.6 is 11.8 Å². The number of amides is 1. The highest BCUT2D eigenvalue weighted by molar-refractivity contribution is 8.15. The molecule has 1 saturated heterocycles. The lowest BCUT2D eigenvalue weighted by Crippen LogP contribution is -2.26. The van der Waals surface area contributed by atoms with Crippen molar-refractivity contribution in [3.05, 3.63) is 59.4 Å². The number of rotatable bonds is 8. The van der Waals surface area contributed by atoms with Crippen molar-refractivity contribution >= 4 is 35.0 Å². The Morgan fingerprint density at radius 1 is 1.30 bits per heavy atom. The second-order valence-corrected chi connectivity index (χ2v) is 7.33. The lowest BCUT2D eigenvalue weighted by molar-refractivity contribution is -0.138. The number of carbonyl (C=O) groups is 2. The third kappa shape index (κ3) is 5.57. The minimum absolute atomic E-state index is 0.0541. The fraction of sp³-hybridized carbons (Fsp3) is 0.200. The van der Waals surface area contributed by atoms with Gasteiger partial charge in [0.05, 0.1) is 19.7 Å². The number of carbonyl (C=O) groups excluding carboxylic acids is 1. The van der Waals surface area contributed by atoms with E-state index in [1.54, 1.807) is 36.4 Å². The SMILES string of the molecule is COc1cc(/C=N/N=C2\NC(=O)C(CC(=O)O)S2)ccc1OCc1ccccc1F. The van der Waals surface area contributed by atoms with Gasteiger partial charge >= 0.3 is 5.97 Å². The van der Waals surface area contributed by atoms with E-state index in [-0.39, 0.29) is 24.0 Å². The molecule has 0 aromatic heterocycles. The Hall–Kier alpha value is -3.40. The van der Waals surface area contributed by atoms with E-state index in [2.05, 4.69) is 15.5 Å². The lowest BCUT2D eigenvalue weighted by atomic mass is 10.2. The molecule has 0 bridgehead atoms. The molecule has 8 nitrogen and oxygen atoms in total. The minimum Gasteiger partial charge on any atom is -0.493 e. The molecule has 1 aliphatic rings. The maximum atomic E-state index is 13.7. The average Bonchev–Trinajstić information content (AvgIpc) is 3.06. The lowest BCUT2D eigenvalue weighted by Gasteiger charge is -2.11. The van der Waals surface area contributed by atoms with Crippen LogP contribution in [0.1, 0.15) is 17.5 Å². The number of aliphatic carboxylic acids is 1. The van der Waals surface area contributed by atoms with Crippen LogP contribution in [-0.2, 0) is 16.2 Å². The van der Waals surface area contributed by atoms with Gasteiger partial charge in [0.1, 0.15) is 17.7 Å². The molecule has 1 unspecified atom stereocenters. The number of benzene rings is 2. The van der Waals surface area contributed by atoms with Gasteiger partial charge in [0, 0.05) is 5.56 Å². The Balaban J connectivity index is 1.64. The first-order chi connectivity index (χ1) is 14.5. The van der Waals surface area contributed by atoms with Crippen LogP contribution in [0.15, 0.2) is 52.7 Å². The number of carboxylic acids is 1. The maximum Gasteiger partial charge on any atom is 0.305 e. The number of halogens is 1. The van der Waals surface area contributed by atoms with Gasteiger partial charge in [-0.3, -0.25) is 9.59 Å². The zero-order valence-electron chi connectivity index (χ0n) is 15.9. The van der Waals surface area contributed by atoms with Crippen LogP contribution in [0.4, 0.5) is 4.39 Å². The molecule has 0 radical (unpaired) electrons. The topological polar surface area (TPSA) is 110 Å². The summed E-state index contributed by atoms with van der Waals surface area (Å²) in [6, 6.07) is 11.4. The summed E-state index contributed by atoms with van der Waals surface area (Å²) in [6.07, 6.45) is 1.16. The van der Waals surface area contributed by atoms with Crippen molar-refractivity contribution in [3.63, 3.8) is 0 Å².